The highest BCUT2D eigenvalue weighted by molar-refractivity contribution is 6.06. The summed E-state index contributed by atoms with van der Waals surface area (Å²) in [6.45, 7) is 6.23. The molecule has 1 fully saturated rings. The molecule has 1 aliphatic rings. The van der Waals surface area contributed by atoms with Crippen LogP contribution in [0.2, 0.25) is 0 Å². The Morgan fingerprint density at radius 1 is 1.42 bits per heavy atom. The Hall–Kier alpha value is -1.91. The summed E-state index contributed by atoms with van der Waals surface area (Å²) in [7, 11) is 1.90. The number of rotatable bonds is 7. The van der Waals surface area contributed by atoms with Crippen LogP contribution in [-0.4, -0.2) is 26.7 Å². The minimum atomic E-state index is 0.00407. The van der Waals surface area contributed by atoms with Gasteiger partial charge in [-0.15, -0.1) is 0 Å². The van der Waals surface area contributed by atoms with Crippen LogP contribution in [-0.2, 0) is 7.05 Å². The number of pyridine rings is 1. The van der Waals surface area contributed by atoms with Crippen LogP contribution in [0.1, 0.15) is 80.0 Å². The van der Waals surface area contributed by atoms with Gasteiger partial charge in [-0.2, -0.15) is 5.10 Å². The molecule has 5 nitrogen and oxygen atoms in total. The van der Waals surface area contributed by atoms with Gasteiger partial charge in [0.2, 0.25) is 0 Å². The van der Waals surface area contributed by atoms with Gasteiger partial charge in [0.15, 0.2) is 5.65 Å². The maximum absolute atomic E-state index is 12.9. The lowest BCUT2D eigenvalue weighted by atomic mass is 10.1. The molecule has 0 saturated heterocycles. The molecule has 3 rings (SSSR count). The van der Waals surface area contributed by atoms with Crippen molar-refractivity contribution in [3.8, 4) is 0 Å². The van der Waals surface area contributed by atoms with E-state index in [1.165, 1.54) is 25.7 Å². The first-order chi connectivity index (χ1) is 11.5. The minimum Gasteiger partial charge on any atom is -0.350 e. The van der Waals surface area contributed by atoms with E-state index in [0.717, 1.165) is 40.8 Å². The number of hydrogen-bond acceptors (Lipinski definition) is 3. The number of fused-ring (bicyclic) bond motifs is 1. The van der Waals surface area contributed by atoms with Crippen molar-refractivity contribution in [1.29, 1.82) is 0 Å². The Morgan fingerprint density at radius 3 is 2.83 bits per heavy atom. The van der Waals surface area contributed by atoms with Crippen LogP contribution in [0, 0.1) is 6.92 Å². The van der Waals surface area contributed by atoms with Crippen molar-refractivity contribution in [2.45, 2.75) is 71.3 Å². The van der Waals surface area contributed by atoms with E-state index in [9.17, 15) is 4.79 Å². The highest BCUT2D eigenvalue weighted by Crippen LogP contribution is 2.40. The van der Waals surface area contributed by atoms with Crippen LogP contribution < -0.4 is 5.32 Å². The van der Waals surface area contributed by atoms with E-state index in [2.05, 4.69) is 24.3 Å². The van der Waals surface area contributed by atoms with E-state index in [1.54, 1.807) is 4.68 Å². The van der Waals surface area contributed by atoms with Gasteiger partial charge in [-0.1, -0.05) is 26.2 Å². The number of aromatic nitrogens is 3. The molecular weight excluding hydrogens is 300 g/mol. The van der Waals surface area contributed by atoms with Gasteiger partial charge in [-0.3, -0.25) is 9.48 Å². The Balaban J connectivity index is 1.88. The van der Waals surface area contributed by atoms with Crippen LogP contribution in [0.5, 0.6) is 0 Å². The van der Waals surface area contributed by atoms with Crippen molar-refractivity contribution in [3.05, 3.63) is 23.0 Å². The van der Waals surface area contributed by atoms with Crippen LogP contribution in [0.25, 0.3) is 11.0 Å². The second-order valence-electron chi connectivity index (χ2n) is 7.15. The van der Waals surface area contributed by atoms with Gasteiger partial charge >= 0.3 is 0 Å². The molecule has 2 aromatic rings. The van der Waals surface area contributed by atoms with Gasteiger partial charge in [-0.05, 0) is 39.2 Å². The quantitative estimate of drug-likeness (QED) is 0.785. The zero-order chi connectivity index (χ0) is 17.3. The predicted octanol–water partition coefficient (Wildman–Crippen LogP) is 3.85. The number of amides is 1. The molecule has 1 saturated carbocycles. The molecule has 0 aromatic carbocycles. The molecule has 2 heterocycles. The lowest BCUT2D eigenvalue weighted by Crippen LogP contribution is -2.32. The molecule has 1 amide bonds. The van der Waals surface area contributed by atoms with E-state index < -0.39 is 0 Å². The first kappa shape index (κ1) is 16.9. The average Bonchev–Trinajstić information content (AvgIpc) is 3.34. The van der Waals surface area contributed by atoms with Crippen molar-refractivity contribution in [3.63, 3.8) is 0 Å². The molecular formula is C19H28N4O. The van der Waals surface area contributed by atoms with E-state index in [-0.39, 0.29) is 11.9 Å². The van der Waals surface area contributed by atoms with Gasteiger partial charge in [-0.25, -0.2) is 4.98 Å². The van der Waals surface area contributed by atoms with E-state index >= 15 is 0 Å². The lowest BCUT2D eigenvalue weighted by Gasteiger charge is -2.15. The lowest BCUT2D eigenvalue weighted by molar-refractivity contribution is 0.0939. The first-order valence-electron chi connectivity index (χ1n) is 9.16. The summed E-state index contributed by atoms with van der Waals surface area (Å²) >= 11 is 0. The fraction of sp³-hybridized carbons (Fsp3) is 0.632. The van der Waals surface area contributed by atoms with Gasteiger partial charge in [0.25, 0.3) is 5.91 Å². The number of carbonyl (C=O) groups excluding carboxylic acids is 1. The van der Waals surface area contributed by atoms with Crippen molar-refractivity contribution in [2.24, 2.45) is 7.05 Å². The molecule has 0 aliphatic heterocycles. The number of unbranched alkanes of at least 4 members (excludes halogenated alkanes) is 2. The smallest absolute Gasteiger partial charge is 0.252 e. The second kappa shape index (κ2) is 6.91. The third kappa shape index (κ3) is 3.45. The van der Waals surface area contributed by atoms with Crippen molar-refractivity contribution >= 4 is 16.9 Å². The fourth-order valence-corrected chi connectivity index (χ4v) is 3.31. The maximum atomic E-state index is 12.9. The molecule has 1 aliphatic carbocycles. The molecule has 0 bridgehead atoms. The maximum Gasteiger partial charge on any atom is 0.252 e. The normalized spacial score (nSPS) is 15.7. The topological polar surface area (TPSA) is 59.8 Å². The second-order valence-corrected chi connectivity index (χ2v) is 7.15. The predicted molar refractivity (Wildman–Crippen MR) is 96.3 cm³/mol. The number of nitrogens with zero attached hydrogens (tertiary/aromatic N) is 3. The Labute approximate surface area is 143 Å². The molecule has 0 radical (unpaired) electrons. The van der Waals surface area contributed by atoms with Gasteiger partial charge < -0.3 is 5.32 Å². The van der Waals surface area contributed by atoms with Gasteiger partial charge in [0.1, 0.15) is 0 Å². The van der Waals surface area contributed by atoms with E-state index in [1.807, 2.05) is 20.0 Å². The van der Waals surface area contributed by atoms with Gasteiger partial charge in [0.05, 0.1) is 16.6 Å². The molecule has 2 aromatic heterocycles. The molecule has 0 spiro atoms. The molecule has 24 heavy (non-hydrogen) atoms. The summed E-state index contributed by atoms with van der Waals surface area (Å²) in [4.78, 5) is 17.6. The summed E-state index contributed by atoms with van der Waals surface area (Å²) in [6.07, 6.45) is 6.93. The Kier molecular flexibility index (Phi) is 4.88. The van der Waals surface area contributed by atoms with E-state index in [0.29, 0.717) is 5.92 Å². The first-order valence-corrected chi connectivity index (χ1v) is 9.16. The number of nitrogens with one attached hydrogen (secondary N) is 1. The molecule has 1 atom stereocenters. The molecule has 1 unspecified atom stereocenters. The van der Waals surface area contributed by atoms with Crippen molar-refractivity contribution in [2.75, 3.05) is 0 Å². The fourth-order valence-electron chi connectivity index (χ4n) is 3.31. The number of hydrogen-bond donors (Lipinski definition) is 1. The summed E-state index contributed by atoms with van der Waals surface area (Å²) < 4.78 is 1.79. The highest BCUT2D eigenvalue weighted by atomic mass is 16.1. The molecule has 5 heteroatoms. The SMILES string of the molecule is CCCCCC(C)NC(=O)c1cc(C2CC2)nc2c1c(C)nn2C. The molecule has 1 N–H and O–H groups in total. The largest absolute Gasteiger partial charge is 0.350 e. The number of carbonyl (C=O) groups is 1. The summed E-state index contributed by atoms with van der Waals surface area (Å²) in [5.74, 6) is 0.516. The van der Waals surface area contributed by atoms with Crippen LogP contribution in [0.3, 0.4) is 0 Å². The summed E-state index contributed by atoms with van der Waals surface area (Å²) in [5, 5.41) is 8.52. The highest BCUT2D eigenvalue weighted by Gasteiger charge is 2.28. The minimum absolute atomic E-state index is 0.00407. The third-order valence-electron chi connectivity index (χ3n) is 4.85. The van der Waals surface area contributed by atoms with Crippen LogP contribution in [0.4, 0.5) is 0 Å². The summed E-state index contributed by atoms with van der Waals surface area (Å²) in [5.41, 5.74) is 3.45. The zero-order valence-electron chi connectivity index (χ0n) is 15.2. The standard InChI is InChI=1S/C19H28N4O/c1-5-6-7-8-12(2)20-19(24)15-11-16(14-9-10-14)21-18-17(15)13(3)22-23(18)4/h11-12,14H,5-10H2,1-4H3,(H,20,24). The van der Waals surface area contributed by atoms with Crippen molar-refractivity contribution in [1.82, 2.24) is 20.1 Å². The monoisotopic (exact) mass is 328 g/mol. The summed E-state index contributed by atoms with van der Waals surface area (Å²) in [6, 6.07) is 2.18. The van der Waals surface area contributed by atoms with Crippen LogP contribution in [0.15, 0.2) is 6.07 Å². The zero-order valence-corrected chi connectivity index (χ0v) is 15.2. The number of aryl methyl sites for hydroxylation is 2. The molecule has 130 valence electrons. The van der Waals surface area contributed by atoms with Crippen LogP contribution >= 0.6 is 0 Å². The van der Waals surface area contributed by atoms with Crippen molar-refractivity contribution < 1.29 is 4.79 Å². The van der Waals surface area contributed by atoms with E-state index in [4.69, 9.17) is 4.98 Å². The average molecular weight is 328 g/mol. The Morgan fingerprint density at radius 2 is 2.17 bits per heavy atom. The van der Waals surface area contributed by atoms with Gasteiger partial charge in [0, 0.05) is 24.7 Å². The third-order valence-corrected chi connectivity index (χ3v) is 4.85. The Bertz CT molecular complexity index is 745.